The van der Waals surface area contributed by atoms with Crippen molar-refractivity contribution in [2.45, 2.75) is 0 Å². The van der Waals surface area contributed by atoms with Gasteiger partial charge < -0.3 is 0 Å². The van der Waals surface area contributed by atoms with Crippen molar-refractivity contribution in [2.75, 3.05) is 0 Å². The molecule has 70 valence electrons. The second-order valence-corrected chi connectivity index (χ2v) is 3.72. The maximum atomic E-state index is 5.73. The average Bonchev–Trinajstić information content (AvgIpc) is 2.19. The Hall–Kier alpha value is -1.00. The Labute approximate surface area is 94.3 Å². The van der Waals surface area contributed by atoms with Crippen molar-refractivity contribution in [3.8, 4) is 11.4 Å². The molecule has 0 spiro atoms. The molecule has 2 rings (SSSR count). The highest BCUT2D eigenvalue weighted by Crippen LogP contribution is 2.16. The zero-order chi connectivity index (χ0) is 9.97. The van der Waals surface area contributed by atoms with Crippen LogP contribution >= 0.6 is 27.5 Å². The molecule has 0 aromatic carbocycles. The molecule has 2 aromatic heterocycles. The summed E-state index contributed by atoms with van der Waals surface area (Å²) in [7, 11) is 0. The van der Waals surface area contributed by atoms with E-state index in [9.17, 15) is 0 Å². The van der Waals surface area contributed by atoms with Gasteiger partial charge in [0.15, 0.2) is 4.73 Å². The number of rotatable bonds is 1. The highest BCUT2D eigenvalue weighted by molar-refractivity contribution is 9.10. The van der Waals surface area contributed by atoms with E-state index in [1.54, 1.807) is 24.5 Å². The second-order valence-electron chi connectivity index (χ2n) is 2.57. The largest absolute Gasteiger partial charge is 0.253 e. The molecule has 0 N–H and O–H groups in total. The van der Waals surface area contributed by atoms with Crippen LogP contribution in [-0.2, 0) is 0 Å². The number of pyridine rings is 1. The van der Waals surface area contributed by atoms with Gasteiger partial charge in [-0.05, 0) is 34.1 Å². The molecule has 0 radical (unpaired) electrons. The van der Waals surface area contributed by atoms with Crippen molar-refractivity contribution >= 4 is 27.5 Å². The first-order valence-electron chi connectivity index (χ1n) is 3.86. The lowest BCUT2D eigenvalue weighted by atomic mass is 10.3. The molecule has 5 heteroatoms. The van der Waals surface area contributed by atoms with Gasteiger partial charge in [0.25, 0.3) is 0 Å². The summed E-state index contributed by atoms with van der Waals surface area (Å²) in [6.07, 6.45) is 3.26. The molecular weight excluding hydrogens is 265 g/mol. The first-order chi connectivity index (χ1) is 6.75. The third-order valence-corrected chi connectivity index (χ3v) is 2.22. The van der Waals surface area contributed by atoms with Crippen LogP contribution in [0.3, 0.4) is 0 Å². The van der Waals surface area contributed by atoms with Gasteiger partial charge in [-0.2, -0.15) is 0 Å². The minimum Gasteiger partial charge on any atom is -0.253 e. The molecule has 0 atom stereocenters. The third-order valence-electron chi connectivity index (χ3n) is 1.62. The summed E-state index contributed by atoms with van der Waals surface area (Å²) >= 11 is 8.92. The van der Waals surface area contributed by atoms with Crippen molar-refractivity contribution in [3.05, 3.63) is 40.3 Å². The fourth-order valence-corrected chi connectivity index (χ4v) is 1.43. The van der Waals surface area contributed by atoms with Gasteiger partial charge in [0.1, 0.15) is 0 Å². The topological polar surface area (TPSA) is 38.7 Å². The first-order valence-corrected chi connectivity index (χ1v) is 5.03. The van der Waals surface area contributed by atoms with Crippen LogP contribution in [0.15, 0.2) is 35.3 Å². The lowest BCUT2D eigenvalue weighted by Crippen LogP contribution is -1.88. The van der Waals surface area contributed by atoms with Crippen molar-refractivity contribution in [1.82, 2.24) is 15.0 Å². The Bertz CT molecular complexity index is 444. The Morgan fingerprint density at radius 2 is 1.93 bits per heavy atom. The molecule has 0 saturated carbocycles. The fraction of sp³-hybridized carbons (Fsp3) is 0. The summed E-state index contributed by atoms with van der Waals surface area (Å²) in [5.41, 5.74) is 1.54. The lowest BCUT2D eigenvalue weighted by molar-refractivity contribution is 1.10. The summed E-state index contributed by atoms with van der Waals surface area (Å²) in [5, 5.41) is 0.613. The Kier molecular flexibility index (Phi) is 2.74. The normalized spacial score (nSPS) is 10.1. The average molecular weight is 271 g/mol. The molecule has 2 aromatic rings. The van der Waals surface area contributed by atoms with E-state index in [1.807, 2.05) is 6.07 Å². The van der Waals surface area contributed by atoms with Crippen molar-refractivity contribution in [3.63, 3.8) is 0 Å². The van der Waals surface area contributed by atoms with Gasteiger partial charge in [0, 0.05) is 12.4 Å². The van der Waals surface area contributed by atoms with Crippen molar-refractivity contribution < 1.29 is 0 Å². The highest BCUT2D eigenvalue weighted by Gasteiger charge is 2.01. The molecule has 0 bridgehead atoms. The summed E-state index contributed by atoms with van der Waals surface area (Å²) < 4.78 is 0.548. The minimum absolute atomic E-state index is 0.548. The minimum atomic E-state index is 0.548. The number of nitrogens with zero attached hydrogens (tertiary/aromatic N) is 3. The summed E-state index contributed by atoms with van der Waals surface area (Å²) in [6.45, 7) is 0. The quantitative estimate of drug-likeness (QED) is 0.748. The van der Waals surface area contributed by atoms with E-state index in [1.165, 1.54) is 0 Å². The molecule has 0 aliphatic heterocycles. The van der Waals surface area contributed by atoms with Crippen LogP contribution in [0.1, 0.15) is 0 Å². The van der Waals surface area contributed by atoms with Gasteiger partial charge in [-0.25, -0.2) is 9.97 Å². The van der Waals surface area contributed by atoms with E-state index in [2.05, 4.69) is 30.9 Å². The standard InChI is InChI=1S/C9H5BrClN3/c10-9-12-4-3-8(14-9)7-2-1-6(11)5-13-7/h1-5H. The molecule has 0 saturated heterocycles. The molecule has 0 amide bonds. The smallest absolute Gasteiger partial charge is 0.197 e. The van der Waals surface area contributed by atoms with E-state index in [-0.39, 0.29) is 0 Å². The number of hydrogen-bond acceptors (Lipinski definition) is 3. The Morgan fingerprint density at radius 3 is 2.57 bits per heavy atom. The molecule has 3 nitrogen and oxygen atoms in total. The molecule has 2 heterocycles. The van der Waals surface area contributed by atoms with Crippen LogP contribution in [0.2, 0.25) is 5.02 Å². The zero-order valence-electron chi connectivity index (χ0n) is 6.98. The first kappa shape index (κ1) is 9.55. The Morgan fingerprint density at radius 1 is 1.07 bits per heavy atom. The van der Waals surface area contributed by atoms with Gasteiger partial charge in [0.2, 0.25) is 0 Å². The number of hydrogen-bond donors (Lipinski definition) is 0. The predicted molar refractivity (Wildman–Crippen MR) is 58.0 cm³/mol. The fourth-order valence-electron chi connectivity index (χ4n) is 1.00. The number of halogens is 2. The van der Waals surface area contributed by atoms with Gasteiger partial charge >= 0.3 is 0 Å². The van der Waals surface area contributed by atoms with Crippen LogP contribution in [0.5, 0.6) is 0 Å². The summed E-state index contributed by atoms with van der Waals surface area (Å²) in [6, 6.07) is 5.39. The maximum Gasteiger partial charge on any atom is 0.197 e. The number of aromatic nitrogens is 3. The van der Waals surface area contributed by atoms with E-state index in [4.69, 9.17) is 11.6 Å². The van der Waals surface area contributed by atoms with Gasteiger partial charge in [0.05, 0.1) is 16.4 Å². The molecule has 0 unspecified atom stereocenters. The molecule has 0 fully saturated rings. The summed E-state index contributed by atoms with van der Waals surface area (Å²) in [5.74, 6) is 0. The van der Waals surface area contributed by atoms with Crippen LogP contribution in [0, 0.1) is 0 Å². The van der Waals surface area contributed by atoms with Gasteiger partial charge in [-0.15, -0.1) is 0 Å². The van der Waals surface area contributed by atoms with Crippen LogP contribution < -0.4 is 0 Å². The molecule has 0 aliphatic rings. The molecular formula is C9H5BrClN3. The van der Waals surface area contributed by atoms with Crippen molar-refractivity contribution in [1.29, 1.82) is 0 Å². The van der Waals surface area contributed by atoms with E-state index in [0.29, 0.717) is 9.76 Å². The van der Waals surface area contributed by atoms with Crippen molar-refractivity contribution in [2.24, 2.45) is 0 Å². The van der Waals surface area contributed by atoms with Gasteiger partial charge in [-0.3, -0.25) is 4.98 Å². The highest BCUT2D eigenvalue weighted by atomic mass is 79.9. The van der Waals surface area contributed by atoms with E-state index in [0.717, 1.165) is 11.4 Å². The second kappa shape index (κ2) is 4.02. The van der Waals surface area contributed by atoms with Crippen LogP contribution in [0.4, 0.5) is 0 Å². The third kappa shape index (κ3) is 2.08. The SMILES string of the molecule is Clc1ccc(-c2ccnc(Br)n2)nc1. The van der Waals surface area contributed by atoms with E-state index >= 15 is 0 Å². The molecule has 0 aliphatic carbocycles. The predicted octanol–water partition coefficient (Wildman–Crippen LogP) is 2.95. The lowest BCUT2D eigenvalue weighted by Gasteiger charge is -1.99. The monoisotopic (exact) mass is 269 g/mol. The van der Waals surface area contributed by atoms with Crippen LogP contribution in [0.25, 0.3) is 11.4 Å². The Balaban J connectivity index is 2.44. The van der Waals surface area contributed by atoms with Crippen LogP contribution in [-0.4, -0.2) is 15.0 Å². The van der Waals surface area contributed by atoms with Gasteiger partial charge in [-0.1, -0.05) is 11.6 Å². The summed E-state index contributed by atoms with van der Waals surface area (Å²) in [4.78, 5) is 12.3. The molecule has 14 heavy (non-hydrogen) atoms. The maximum absolute atomic E-state index is 5.73. The zero-order valence-corrected chi connectivity index (χ0v) is 9.33. The van der Waals surface area contributed by atoms with E-state index < -0.39 is 0 Å².